The van der Waals surface area contributed by atoms with Crippen LogP contribution in [0.15, 0.2) is 0 Å². The van der Waals surface area contributed by atoms with E-state index in [1.54, 1.807) is 0 Å². The third-order valence-corrected chi connectivity index (χ3v) is 3.47. The molecule has 0 fully saturated rings. The molecule has 96 valence electrons. The van der Waals surface area contributed by atoms with E-state index >= 15 is 0 Å². The van der Waals surface area contributed by atoms with Crippen molar-refractivity contribution in [2.45, 2.75) is 53.4 Å². The van der Waals surface area contributed by atoms with Gasteiger partial charge in [-0.25, -0.2) is 0 Å². The van der Waals surface area contributed by atoms with Crippen LogP contribution >= 0.6 is 23.2 Å². The minimum Gasteiger partial charge on any atom is -0.281 e. The minimum absolute atomic E-state index is 0.181. The third-order valence-electron chi connectivity index (χ3n) is 2.80. The maximum absolute atomic E-state index is 11.8. The van der Waals surface area contributed by atoms with Crippen molar-refractivity contribution in [3.63, 3.8) is 0 Å². The van der Waals surface area contributed by atoms with E-state index in [1.807, 2.05) is 0 Å². The maximum Gasteiger partial charge on any atom is 0.227 e. The molecule has 0 N–H and O–H groups in total. The van der Waals surface area contributed by atoms with E-state index in [2.05, 4.69) is 27.7 Å². The Bertz CT molecular complexity index is 202. The highest BCUT2D eigenvalue weighted by molar-refractivity contribution is 6.64. The number of halogens is 2. The lowest BCUT2D eigenvalue weighted by Crippen LogP contribution is -2.31. The van der Waals surface area contributed by atoms with Gasteiger partial charge in [0.15, 0.2) is 0 Å². The molecule has 0 radical (unpaired) electrons. The molecule has 1 nitrogen and oxygen atoms in total. The third kappa shape index (κ3) is 5.54. The topological polar surface area (TPSA) is 17.1 Å². The number of hydrogen-bond donors (Lipinski definition) is 0. The molecule has 0 aliphatic heterocycles. The lowest BCUT2D eigenvalue weighted by Gasteiger charge is -2.33. The second-order valence-electron chi connectivity index (χ2n) is 5.54. The smallest absolute Gasteiger partial charge is 0.227 e. The predicted molar refractivity (Wildman–Crippen MR) is 72.2 cm³/mol. The first kappa shape index (κ1) is 16.2. The first-order valence-corrected chi connectivity index (χ1v) is 7.01. The summed E-state index contributed by atoms with van der Waals surface area (Å²) < 4.78 is 0. The van der Waals surface area contributed by atoms with Gasteiger partial charge in [-0.05, 0) is 49.1 Å². The summed E-state index contributed by atoms with van der Waals surface area (Å²) in [6.07, 6.45) is 3.41. The van der Waals surface area contributed by atoms with Crippen LogP contribution in [0.3, 0.4) is 0 Å². The lowest BCUT2D eigenvalue weighted by molar-refractivity contribution is -0.123. The van der Waals surface area contributed by atoms with Crippen molar-refractivity contribution >= 4 is 28.4 Å². The van der Waals surface area contributed by atoms with E-state index in [4.69, 9.17) is 23.2 Å². The Morgan fingerprint density at radius 3 is 1.81 bits per heavy atom. The Morgan fingerprint density at radius 2 is 1.56 bits per heavy atom. The number of carbonyl (C=O) groups is 1. The number of rotatable bonds is 8. The molecule has 0 bridgehead atoms. The van der Waals surface area contributed by atoms with Gasteiger partial charge in [-0.15, -0.1) is 11.6 Å². The number of alkyl halides is 1. The van der Waals surface area contributed by atoms with Gasteiger partial charge in [-0.2, -0.15) is 0 Å². The molecule has 3 heteroatoms. The zero-order chi connectivity index (χ0) is 12.8. The molecule has 0 saturated heterocycles. The highest BCUT2D eigenvalue weighted by Crippen LogP contribution is 2.40. The minimum atomic E-state index is -0.362. The molecule has 0 aromatic heterocycles. The fourth-order valence-corrected chi connectivity index (χ4v) is 2.90. The van der Waals surface area contributed by atoms with Crippen molar-refractivity contribution in [2.75, 3.05) is 5.88 Å². The van der Waals surface area contributed by atoms with Gasteiger partial charge < -0.3 is 0 Å². The van der Waals surface area contributed by atoms with Gasteiger partial charge in [0.2, 0.25) is 5.24 Å². The molecule has 0 aromatic carbocycles. The zero-order valence-corrected chi connectivity index (χ0v) is 12.4. The number of hydrogen-bond acceptors (Lipinski definition) is 1. The van der Waals surface area contributed by atoms with Crippen molar-refractivity contribution in [3.8, 4) is 0 Å². The average Bonchev–Trinajstić information content (AvgIpc) is 2.11. The molecule has 0 amide bonds. The molecule has 0 unspecified atom stereocenters. The number of carbonyl (C=O) groups excluding carboxylic acids is 1. The summed E-state index contributed by atoms with van der Waals surface area (Å²) in [5, 5.41) is -0.181. The Hall–Kier alpha value is 0.250. The Morgan fingerprint density at radius 1 is 1.12 bits per heavy atom. The molecule has 0 rings (SSSR count). The quantitative estimate of drug-likeness (QED) is 0.454. The van der Waals surface area contributed by atoms with E-state index < -0.39 is 0 Å². The van der Waals surface area contributed by atoms with Crippen LogP contribution in [-0.2, 0) is 4.79 Å². The fraction of sp³-hybridized carbons (Fsp3) is 0.923. The summed E-state index contributed by atoms with van der Waals surface area (Å²) in [5.41, 5.74) is -0.362. The monoisotopic (exact) mass is 266 g/mol. The molecular formula is C13H24Cl2O. The van der Waals surface area contributed by atoms with Crippen LogP contribution < -0.4 is 0 Å². The molecule has 0 atom stereocenters. The standard InChI is InChI=1S/C13H24Cl2O/c1-10(2)8-13(12(15)16,6-5-7-14)9-11(3)4/h10-11H,5-9H2,1-4H3. The predicted octanol–water partition coefficient (Wildman–Crippen LogP) is 4.85. The van der Waals surface area contributed by atoms with Crippen molar-refractivity contribution < 1.29 is 4.79 Å². The summed E-state index contributed by atoms with van der Waals surface area (Å²) in [6.45, 7) is 8.54. The second kappa shape index (κ2) is 7.55. The van der Waals surface area contributed by atoms with Gasteiger partial charge >= 0.3 is 0 Å². The SMILES string of the molecule is CC(C)CC(CCCCl)(CC(C)C)C(=O)Cl. The van der Waals surface area contributed by atoms with Gasteiger partial charge in [0.25, 0.3) is 0 Å². The van der Waals surface area contributed by atoms with E-state index in [9.17, 15) is 4.79 Å². The highest BCUT2D eigenvalue weighted by Gasteiger charge is 2.37. The average molecular weight is 267 g/mol. The first-order valence-electron chi connectivity index (χ1n) is 6.10. The maximum atomic E-state index is 11.8. The van der Waals surface area contributed by atoms with E-state index in [0.29, 0.717) is 17.7 Å². The van der Waals surface area contributed by atoms with Gasteiger partial charge in [-0.3, -0.25) is 4.79 Å². The van der Waals surface area contributed by atoms with E-state index in [-0.39, 0.29) is 10.7 Å². The van der Waals surface area contributed by atoms with Crippen LogP contribution in [0, 0.1) is 17.3 Å². The molecular weight excluding hydrogens is 243 g/mol. The van der Waals surface area contributed by atoms with Crippen molar-refractivity contribution in [3.05, 3.63) is 0 Å². The molecule has 0 aliphatic rings. The first-order chi connectivity index (χ1) is 7.34. The van der Waals surface area contributed by atoms with Crippen LogP contribution in [0.1, 0.15) is 53.4 Å². The molecule has 0 spiro atoms. The fourth-order valence-electron chi connectivity index (χ4n) is 2.51. The summed E-state index contributed by atoms with van der Waals surface area (Å²) in [7, 11) is 0. The van der Waals surface area contributed by atoms with E-state index in [1.165, 1.54) is 0 Å². The summed E-state index contributed by atoms with van der Waals surface area (Å²) in [4.78, 5) is 11.8. The molecule has 0 aliphatic carbocycles. The van der Waals surface area contributed by atoms with Gasteiger partial charge in [0, 0.05) is 11.3 Å². The van der Waals surface area contributed by atoms with Gasteiger partial charge in [-0.1, -0.05) is 27.7 Å². The van der Waals surface area contributed by atoms with Crippen LogP contribution in [0.25, 0.3) is 0 Å². The Kier molecular flexibility index (Phi) is 7.67. The van der Waals surface area contributed by atoms with Crippen LogP contribution in [0.5, 0.6) is 0 Å². The van der Waals surface area contributed by atoms with Crippen molar-refractivity contribution in [2.24, 2.45) is 17.3 Å². The van der Waals surface area contributed by atoms with Crippen LogP contribution in [-0.4, -0.2) is 11.1 Å². The Labute approximate surface area is 110 Å². The molecule has 0 saturated carbocycles. The Balaban J connectivity index is 4.81. The van der Waals surface area contributed by atoms with Crippen molar-refractivity contribution in [1.29, 1.82) is 0 Å². The lowest BCUT2D eigenvalue weighted by atomic mass is 9.72. The summed E-state index contributed by atoms with van der Waals surface area (Å²) in [5.74, 6) is 1.57. The van der Waals surface area contributed by atoms with Crippen LogP contribution in [0.2, 0.25) is 0 Å². The molecule has 16 heavy (non-hydrogen) atoms. The van der Waals surface area contributed by atoms with Gasteiger partial charge in [0.05, 0.1) is 0 Å². The van der Waals surface area contributed by atoms with Gasteiger partial charge in [0.1, 0.15) is 0 Å². The molecule has 0 aromatic rings. The van der Waals surface area contributed by atoms with Crippen molar-refractivity contribution in [1.82, 2.24) is 0 Å². The normalized spacial score (nSPS) is 12.5. The highest BCUT2D eigenvalue weighted by atomic mass is 35.5. The second-order valence-corrected chi connectivity index (χ2v) is 6.26. The van der Waals surface area contributed by atoms with E-state index in [0.717, 1.165) is 25.7 Å². The molecule has 0 heterocycles. The van der Waals surface area contributed by atoms with Crippen LogP contribution in [0.4, 0.5) is 0 Å². The summed E-state index contributed by atoms with van der Waals surface area (Å²) >= 11 is 11.6. The zero-order valence-electron chi connectivity index (χ0n) is 10.9. The summed E-state index contributed by atoms with van der Waals surface area (Å²) in [6, 6.07) is 0. The largest absolute Gasteiger partial charge is 0.281 e.